The number of aromatic nitrogens is 3. The van der Waals surface area contributed by atoms with Crippen molar-refractivity contribution in [3.63, 3.8) is 0 Å². The second kappa shape index (κ2) is 5.90. The Kier molecular flexibility index (Phi) is 4.45. The van der Waals surface area contributed by atoms with Crippen molar-refractivity contribution >= 4 is 23.5 Å². The molecule has 2 atom stereocenters. The Morgan fingerprint density at radius 2 is 1.74 bits per heavy atom. The molecule has 1 aliphatic carbocycles. The zero-order valence-electron chi connectivity index (χ0n) is 12.1. The van der Waals surface area contributed by atoms with Crippen molar-refractivity contribution in [2.24, 2.45) is 11.8 Å². The van der Waals surface area contributed by atoms with Crippen molar-refractivity contribution < 1.29 is 0 Å². The van der Waals surface area contributed by atoms with Crippen LogP contribution < -0.4 is 9.80 Å². The van der Waals surface area contributed by atoms with Gasteiger partial charge in [-0.3, -0.25) is 0 Å². The summed E-state index contributed by atoms with van der Waals surface area (Å²) in [4.78, 5) is 17.1. The zero-order valence-corrected chi connectivity index (χ0v) is 12.9. The van der Waals surface area contributed by atoms with Crippen molar-refractivity contribution in [3.8, 4) is 0 Å². The fourth-order valence-electron chi connectivity index (χ4n) is 2.23. The van der Waals surface area contributed by atoms with Crippen LogP contribution in [0.3, 0.4) is 0 Å². The third kappa shape index (κ3) is 3.47. The number of anilines is 2. The molecule has 1 aliphatic rings. The Morgan fingerprint density at radius 3 is 2.26 bits per heavy atom. The van der Waals surface area contributed by atoms with Crippen LogP contribution in [0.2, 0.25) is 5.28 Å². The summed E-state index contributed by atoms with van der Waals surface area (Å²) in [7, 11) is 2.02. The summed E-state index contributed by atoms with van der Waals surface area (Å²) in [5.41, 5.74) is 0. The van der Waals surface area contributed by atoms with Gasteiger partial charge in [-0.2, -0.15) is 15.0 Å². The first-order valence-electron chi connectivity index (χ1n) is 6.92. The lowest BCUT2D eigenvalue weighted by Crippen LogP contribution is -2.27. The molecule has 1 fully saturated rings. The summed E-state index contributed by atoms with van der Waals surface area (Å²) >= 11 is 6.02. The molecule has 2 unspecified atom stereocenters. The summed E-state index contributed by atoms with van der Waals surface area (Å²) in [5.74, 6) is 2.91. The topological polar surface area (TPSA) is 45.2 Å². The van der Waals surface area contributed by atoms with Gasteiger partial charge in [0.1, 0.15) is 0 Å². The van der Waals surface area contributed by atoms with Crippen LogP contribution in [-0.4, -0.2) is 41.6 Å². The average Bonchev–Trinajstić information content (AvgIpc) is 3.05. The quantitative estimate of drug-likeness (QED) is 0.802. The molecule has 0 aromatic carbocycles. The first-order chi connectivity index (χ1) is 9.05. The third-order valence-corrected chi connectivity index (χ3v) is 3.93. The molecule has 0 radical (unpaired) electrons. The predicted molar refractivity (Wildman–Crippen MR) is 78.9 cm³/mol. The standard InChI is InChI=1S/C13H22ClN5/c1-5-19(6-2)13-16-11(14)15-12(17-13)18(4)8-10-7-9(10)3/h9-10H,5-8H2,1-4H3. The predicted octanol–water partition coefficient (Wildman–Crippen LogP) is 2.46. The van der Waals surface area contributed by atoms with Crippen LogP contribution in [-0.2, 0) is 0 Å². The monoisotopic (exact) mass is 283 g/mol. The van der Waals surface area contributed by atoms with E-state index < -0.39 is 0 Å². The fraction of sp³-hybridized carbons (Fsp3) is 0.769. The molecule has 1 heterocycles. The molecule has 6 heteroatoms. The smallest absolute Gasteiger partial charge is 0.231 e. The molecule has 19 heavy (non-hydrogen) atoms. The lowest BCUT2D eigenvalue weighted by molar-refractivity contribution is 0.706. The molecule has 0 aliphatic heterocycles. The van der Waals surface area contributed by atoms with Crippen LogP contribution in [0.15, 0.2) is 0 Å². The van der Waals surface area contributed by atoms with Crippen LogP contribution in [0, 0.1) is 11.8 Å². The van der Waals surface area contributed by atoms with Gasteiger partial charge in [0, 0.05) is 26.7 Å². The number of halogens is 1. The van der Waals surface area contributed by atoms with Crippen molar-refractivity contribution in [3.05, 3.63) is 5.28 Å². The Morgan fingerprint density at radius 1 is 1.16 bits per heavy atom. The molecule has 0 saturated heterocycles. The van der Waals surface area contributed by atoms with Crippen LogP contribution in [0.4, 0.5) is 11.9 Å². The minimum absolute atomic E-state index is 0.266. The molecular formula is C13H22ClN5. The Bertz CT molecular complexity index is 435. The summed E-state index contributed by atoms with van der Waals surface area (Å²) in [5, 5.41) is 0.266. The minimum Gasteiger partial charge on any atom is -0.343 e. The van der Waals surface area contributed by atoms with Crippen molar-refractivity contribution in [1.29, 1.82) is 0 Å². The molecule has 2 rings (SSSR count). The summed E-state index contributed by atoms with van der Waals surface area (Å²) in [6, 6.07) is 0. The second-order valence-corrected chi connectivity index (χ2v) is 5.57. The van der Waals surface area contributed by atoms with Crippen molar-refractivity contribution in [2.75, 3.05) is 36.5 Å². The van der Waals surface area contributed by atoms with E-state index in [4.69, 9.17) is 11.6 Å². The van der Waals surface area contributed by atoms with Gasteiger partial charge in [-0.15, -0.1) is 0 Å². The van der Waals surface area contributed by atoms with Gasteiger partial charge in [0.25, 0.3) is 0 Å². The molecule has 5 nitrogen and oxygen atoms in total. The first-order valence-corrected chi connectivity index (χ1v) is 7.30. The maximum absolute atomic E-state index is 6.02. The Balaban J connectivity index is 2.15. The molecular weight excluding hydrogens is 262 g/mol. The highest BCUT2D eigenvalue weighted by atomic mass is 35.5. The highest BCUT2D eigenvalue weighted by Crippen LogP contribution is 2.38. The van der Waals surface area contributed by atoms with Gasteiger partial charge in [-0.25, -0.2) is 0 Å². The Labute approximate surface area is 120 Å². The fourth-order valence-corrected chi connectivity index (χ4v) is 2.39. The molecule has 0 N–H and O–H groups in total. The van der Waals surface area contributed by atoms with Gasteiger partial charge in [0.2, 0.25) is 17.2 Å². The Hall–Kier alpha value is -1.10. The zero-order chi connectivity index (χ0) is 14.0. The SMILES string of the molecule is CCN(CC)c1nc(Cl)nc(N(C)CC2CC2C)n1. The molecule has 1 aromatic heterocycles. The number of rotatable bonds is 6. The van der Waals surface area contributed by atoms with E-state index in [2.05, 4.69) is 45.5 Å². The van der Waals surface area contributed by atoms with Gasteiger partial charge in [0.15, 0.2) is 0 Å². The second-order valence-electron chi connectivity index (χ2n) is 5.23. The number of hydrogen-bond acceptors (Lipinski definition) is 5. The summed E-state index contributed by atoms with van der Waals surface area (Å²) in [6.45, 7) is 9.14. The van der Waals surface area contributed by atoms with Crippen molar-refractivity contribution in [1.82, 2.24) is 15.0 Å². The highest BCUT2D eigenvalue weighted by molar-refractivity contribution is 6.28. The van der Waals surface area contributed by atoms with E-state index in [0.29, 0.717) is 11.9 Å². The summed E-state index contributed by atoms with van der Waals surface area (Å²) < 4.78 is 0. The van der Waals surface area contributed by atoms with Crippen LogP contribution >= 0.6 is 11.6 Å². The van der Waals surface area contributed by atoms with Crippen LogP contribution in [0.1, 0.15) is 27.2 Å². The number of hydrogen-bond donors (Lipinski definition) is 0. The number of nitrogens with zero attached hydrogens (tertiary/aromatic N) is 5. The van der Waals surface area contributed by atoms with Gasteiger partial charge in [-0.1, -0.05) is 6.92 Å². The lowest BCUT2D eigenvalue weighted by Gasteiger charge is -2.22. The van der Waals surface area contributed by atoms with E-state index in [0.717, 1.165) is 31.5 Å². The maximum atomic E-state index is 6.02. The molecule has 1 aromatic rings. The van der Waals surface area contributed by atoms with Gasteiger partial charge >= 0.3 is 0 Å². The molecule has 106 valence electrons. The van der Waals surface area contributed by atoms with Gasteiger partial charge < -0.3 is 9.80 Å². The van der Waals surface area contributed by atoms with E-state index in [-0.39, 0.29) is 5.28 Å². The summed E-state index contributed by atoms with van der Waals surface area (Å²) in [6.07, 6.45) is 1.30. The minimum atomic E-state index is 0.266. The largest absolute Gasteiger partial charge is 0.343 e. The highest BCUT2D eigenvalue weighted by Gasteiger charge is 2.33. The maximum Gasteiger partial charge on any atom is 0.231 e. The van der Waals surface area contributed by atoms with E-state index >= 15 is 0 Å². The molecule has 0 bridgehead atoms. The molecule has 0 spiro atoms. The van der Waals surface area contributed by atoms with E-state index in [9.17, 15) is 0 Å². The lowest BCUT2D eigenvalue weighted by atomic mass is 10.3. The average molecular weight is 284 g/mol. The van der Waals surface area contributed by atoms with Crippen molar-refractivity contribution in [2.45, 2.75) is 27.2 Å². The van der Waals surface area contributed by atoms with Crippen LogP contribution in [0.5, 0.6) is 0 Å². The third-order valence-electron chi connectivity index (χ3n) is 3.76. The molecule has 0 amide bonds. The molecule has 1 saturated carbocycles. The van der Waals surface area contributed by atoms with Gasteiger partial charge in [0.05, 0.1) is 0 Å². The first kappa shape index (κ1) is 14.3. The van der Waals surface area contributed by atoms with Crippen LogP contribution in [0.25, 0.3) is 0 Å². The van der Waals surface area contributed by atoms with E-state index in [1.807, 2.05) is 7.05 Å². The van der Waals surface area contributed by atoms with E-state index in [1.165, 1.54) is 6.42 Å². The normalized spacial score (nSPS) is 21.3. The van der Waals surface area contributed by atoms with E-state index in [1.54, 1.807) is 0 Å². The van der Waals surface area contributed by atoms with Gasteiger partial charge in [-0.05, 0) is 43.7 Å².